The molecule has 0 bridgehead atoms. The molecular formula is C19H40O4S. The maximum absolute atomic E-state index is 11.4. The van der Waals surface area contributed by atoms with Gasteiger partial charge in [0.1, 0.15) is 0 Å². The van der Waals surface area contributed by atoms with E-state index in [1.807, 2.05) is 0 Å². The Morgan fingerprint density at radius 2 is 1.04 bits per heavy atom. The van der Waals surface area contributed by atoms with E-state index in [2.05, 4.69) is 6.92 Å². The Balaban J connectivity index is 3.51. The molecule has 0 aromatic heterocycles. The minimum Gasteiger partial charge on any atom is -0.396 e. The first-order valence-corrected chi connectivity index (χ1v) is 11.6. The number of rotatable bonds is 18. The Hall–Kier alpha value is -0.130. The van der Waals surface area contributed by atoms with Crippen LogP contribution in [0.4, 0.5) is 0 Å². The first-order chi connectivity index (χ1) is 11.5. The lowest BCUT2D eigenvalue weighted by molar-refractivity contribution is 0.281. The molecule has 0 saturated carbocycles. The molecule has 0 spiro atoms. The third-order valence-corrected chi connectivity index (χ3v) is 6.05. The fourth-order valence-corrected chi connectivity index (χ4v) is 4.07. The first-order valence-electron chi connectivity index (χ1n) is 10.1. The number of hydrogen-bond acceptors (Lipinski definition) is 3. The standard InChI is InChI=1S/C19H40O4S/c1-2-3-4-5-6-7-8-9-10-11-12-13-16-19(24(21,22)23)17-14-15-18-20/h19-20H,2-18H2,1H3,(H,21,22,23). The van der Waals surface area contributed by atoms with Crippen molar-refractivity contribution in [1.29, 1.82) is 0 Å². The van der Waals surface area contributed by atoms with Gasteiger partial charge in [-0.15, -0.1) is 0 Å². The normalized spacial score (nSPS) is 13.3. The van der Waals surface area contributed by atoms with E-state index in [9.17, 15) is 13.0 Å². The zero-order chi connectivity index (χ0) is 18.1. The summed E-state index contributed by atoms with van der Waals surface area (Å²) in [7, 11) is -3.94. The molecule has 1 unspecified atom stereocenters. The van der Waals surface area contributed by atoms with Crippen molar-refractivity contribution in [2.24, 2.45) is 0 Å². The third-order valence-electron chi connectivity index (χ3n) is 4.74. The number of aliphatic hydroxyl groups excluding tert-OH is 1. The van der Waals surface area contributed by atoms with Crippen molar-refractivity contribution in [3.05, 3.63) is 0 Å². The lowest BCUT2D eigenvalue weighted by Gasteiger charge is -2.13. The Bertz CT molecular complexity index is 354. The lowest BCUT2D eigenvalue weighted by Crippen LogP contribution is -2.20. The van der Waals surface area contributed by atoms with Crippen LogP contribution in [-0.4, -0.2) is 29.9 Å². The van der Waals surface area contributed by atoms with Crippen molar-refractivity contribution < 1.29 is 18.1 Å². The first kappa shape index (κ1) is 23.9. The van der Waals surface area contributed by atoms with Gasteiger partial charge in [-0.05, 0) is 25.7 Å². The van der Waals surface area contributed by atoms with Crippen LogP contribution >= 0.6 is 0 Å². The highest BCUT2D eigenvalue weighted by Crippen LogP contribution is 2.18. The SMILES string of the molecule is CCCCCCCCCCCCCCC(CCCCO)S(=O)(=O)O. The second-order valence-electron chi connectivity index (χ2n) is 7.03. The van der Waals surface area contributed by atoms with Gasteiger partial charge < -0.3 is 5.11 Å². The summed E-state index contributed by atoms with van der Waals surface area (Å²) in [4.78, 5) is 0. The molecule has 0 aliphatic heterocycles. The van der Waals surface area contributed by atoms with Gasteiger partial charge in [-0.25, -0.2) is 0 Å². The van der Waals surface area contributed by atoms with Crippen LogP contribution in [0.1, 0.15) is 110 Å². The van der Waals surface area contributed by atoms with Crippen molar-refractivity contribution in [1.82, 2.24) is 0 Å². The second kappa shape index (κ2) is 16.3. The topological polar surface area (TPSA) is 74.6 Å². The Labute approximate surface area is 150 Å². The molecule has 1 atom stereocenters. The van der Waals surface area contributed by atoms with Crippen molar-refractivity contribution in [2.75, 3.05) is 6.61 Å². The number of hydrogen-bond donors (Lipinski definition) is 2. The van der Waals surface area contributed by atoms with Gasteiger partial charge in [0.2, 0.25) is 0 Å². The van der Waals surface area contributed by atoms with E-state index in [0.29, 0.717) is 25.7 Å². The van der Waals surface area contributed by atoms with Crippen LogP contribution in [0.15, 0.2) is 0 Å². The number of aliphatic hydroxyl groups is 1. The zero-order valence-electron chi connectivity index (χ0n) is 15.7. The zero-order valence-corrected chi connectivity index (χ0v) is 16.5. The van der Waals surface area contributed by atoms with Gasteiger partial charge >= 0.3 is 0 Å². The Kier molecular flexibility index (Phi) is 16.3. The molecule has 0 radical (unpaired) electrons. The van der Waals surface area contributed by atoms with Crippen LogP contribution in [0.25, 0.3) is 0 Å². The maximum Gasteiger partial charge on any atom is 0.267 e. The average molecular weight is 365 g/mol. The van der Waals surface area contributed by atoms with Crippen LogP contribution in [0.2, 0.25) is 0 Å². The highest BCUT2D eigenvalue weighted by atomic mass is 32.2. The van der Waals surface area contributed by atoms with Gasteiger partial charge in [-0.3, -0.25) is 4.55 Å². The predicted molar refractivity (Wildman–Crippen MR) is 102 cm³/mol. The largest absolute Gasteiger partial charge is 0.396 e. The van der Waals surface area contributed by atoms with Gasteiger partial charge in [0.15, 0.2) is 0 Å². The van der Waals surface area contributed by atoms with Crippen molar-refractivity contribution in [3.8, 4) is 0 Å². The average Bonchev–Trinajstić information content (AvgIpc) is 2.53. The summed E-state index contributed by atoms with van der Waals surface area (Å²) < 4.78 is 32.0. The molecule has 0 heterocycles. The molecule has 0 saturated heterocycles. The highest BCUT2D eigenvalue weighted by Gasteiger charge is 2.21. The summed E-state index contributed by atoms with van der Waals surface area (Å²) in [6.45, 7) is 2.32. The smallest absolute Gasteiger partial charge is 0.267 e. The minimum absolute atomic E-state index is 0.0802. The Morgan fingerprint density at radius 3 is 1.42 bits per heavy atom. The predicted octanol–water partition coefficient (Wildman–Crippen LogP) is 5.50. The molecule has 0 rings (SSSR count). The van der Waals surface area contributed by atoms with Crippen LogP contribution in [-0.2, 0) is 10.1 Å². The van der Waals surface area contributed by atoms with E-state index >= 15 is 0 Å². The van der Waals surface area contributed by atoms with E-state index in [1.54, 1.807) is 0 Å². The molecule has 0 aromatic rings. The summed E-state index contributed by atoms with van der Waals surface area (Å²) >= 11 is 0. The molecule has 0 aliphatic carbocycles. The summed E-state index contributed by atoms with van der Waals surface area (Å²) in [5, 5.41) is 8.11. The van der Waals surface area contributed by atoms with Crippen molar-refractivity contribution in [3.63, 3.8) is 0 Å². The lowest BCUT2D eigenvalue weighted by atomic mass is 10.0. The van der Waals surface area contributed by atoms with Crippen LogP contribution in [0.5, 0.6) is 0 Å². The monoisotopic (exact) mass is 364 g/mol. The second-order valence-corrected chi connectivity index (χ2v) is 8.73. The van der Waals surface area contributed by atoms with E-state index < -0.39 is 15.4 Å². The molecule has 0 amide bonds. The molecule has 5 heteroatoms. The van der Waals surface area contributed by atoms with E-state index in [0.717, 1.165) is 19.3 Å². The summed E-state index contributed by atoms with van der Waals surface area (Å²) in [5.41, 5.74) is 0. The van der Waals surface area contributed by atoms with Crippen LogP contribution in [0, 0.1) is 0 Å². The Morgan fingerprint density at radius 1 is 0.667 bits per heavy atom. The minimum atomic E-state index is -3.94. The van der Waals surface area contributed by atoms with Gasteiger partial charge in [0, 0.05) is 6.61 Å². The van der Waals surface area contributed by atoms with Gasteiger partial charge in [-0.2, -0.15) is 8.42 Å². The molecule has 24 heavy (non-hydrogen) atoms. The van der Waals surface area contributed by atoms with Crippen molar-refractivity contribution in [2.45, 2.75) is 115 Å². The van der Waals surface area contributed by atoms with Gasteiger partial charge in [0.25, 0.3) is 10.1 Å². The van der Waals surface area contributed by atoms with Gasteiger partial charge in [0.05, 0.1) is 5.25 Å². The molecule has 2 N–H and O–H groups in total. The van der Waals surface area contributed by atoms with E-state index in [-0.39, 0.29) is 6.61 Å². The number of unbranched alkanes of at least 4 members (excludes halogenated alkanes) is 12. The molecule has 4 nitrogen and oxygen atoms in total. The molecule has 0 aromatic carbocycles. The molecular weight excluding hydrogens is 324 g/mol. The summed E-state index contributed by atoms with van der Waals surface area (Å²) in [6, 6.07) is 0. The molecule has 0 fully saturated rings. The fourth-order valence-electron chi connectivity index (χ4n) is 3.14. The third kappa shape index (κ3) is 15.4. The highest BCUT2D eigenvalue weighted by molar-refractivity contribution is 7.86. The van der Waals surface area contributed by atoms with E-state index in [4.69, 9.17) is 5.11 Å². The van der Waals surface area contributed by atoms with Crippen molar-refractivity contribution >= 4 is 10.1 Å². The fraction of sp³-hybridized carbons (Fsp3) is 1.00. The van der Waals surface area contributed by atoms with Gasteiger partial charge in [-0.1, -0.05) is 84.0 Å². The quantitative estimate of drug-likeness (QED) is 0.249. The molecule has 0 aliphatic rings. The van der Waals surface area contributed by atoms with Crippen LogP contribution < -0.4 is 0 Å². The maximum atomic E-state index is 11.4. The van der Waals surface area contributed by atoms with E-state index in [1.165, 1.54) is 57.8 Å². The molecule has 146 valence electrons. The summed E-state index contributed by atoms with van der Waals surface area (Å²) in [5.74, 6) is 0. The summed E-state index contributed by atoms with van der Waals surface area (Å²) in [6.07, 6.45) is 17.3. The van der Waals surface area contributed by atoms with Crippen LogP contribution in [0.3, 0.4) is 0 Å².